The number of phenolic OH excluding ortho intramolecular Hbond substituents is 1. The molecule has 2 aromatic carbocycles. The number of ketones is 3. The Morgan fingerprint density at radius 1 is 1.02 bits per heavy atom. The minimum Gasteiger partial charge on any atom is -0.510 e. The third kappa shape index (κ3) is 3.95. The van der Waals surface area contributed by atoms with Crippen LogP contribution in [0.2, 0.25) is 0 Å². The van der Waals surface area contributed by atoms with Crippen molar-refractivity contribution in [2.45, 2.75) is 31.4 Å². The molecular formula is C31H33N3O8. The number of rotatable bonds is 5. The van der Waals surface area contributed by atoms with Gasteiger partial charge in [-0.05, 0) is 57.0 Å². The average molecular weight is 576 g/mol. The van der Waals surface area contributed by atoms with E-state index >= 15 is 0 Å². The van der Waals surface area contributed by atoms with E-state index in [4.69, 9.17) is 5.73 Å². The van der Waals surface area contributed by atoms with E-state index in [0.29, 0.717) is 27.9 Å². The van der Waals surface area contributed by atoms with Gasteiger partial charge in [-0.1, -0.05) is 24.3 Å². The number of carbonyl (C=O) groups is 4. The molecule has 220 valence electrons. The van der Waals surface area contributed by atoms with E-state index < -0.39 is 58.0 Å². The van der Waals surface area contributed by atoms with E-state index in [1.165, 1.54) is 11.8 Å². The van der Waals surface area contributed by atoms with Gasteiger partial charge in [0.15, 0.2) is 17.2 Å². The van der Waals surface area contributed by atoms with Gasteiger partial charge in [-0.3, -0.25) is 24.1 Å². The van der Waals surface area contributed by atoms with Gasteiger partial charge in [-0.25, -0.2) is 0 Å². The zero-order valence-corrected chi connectivity index (χ0v) is 23.9. The molecule has 4 atom stereocenters. The van der Waals surface area contributed by atoms with Crippen LogP contribution in [0.1, 0.15) is 39.6 Å². The predicted octanol–water partition coefficient (Wildman–Crippen LogP) is 2.06. The van der Waals surface area contributed by atoms with E-state index in [2.05, 4.69) is 0 Å². The maximum atomic E-state index is 14.2. The molecule has 1 amide bonds. The number of hydrogen-bond donors (Lipinski definition) is 5. The molecule has 0 heterocycles. The minimum atomic E-state index is -2.70. The van der Waals surface area contributed by atoms with Gasteiger partial charge in [-0.2, -0.15) is 0 Å². The highest BCUT2D eigenvalue weighted by Crippen LogP contribution is 2.54. The van der Waals surface area contributed by atoms with Crippen LogP contribution in [0.25, 0.3) is 11.1 Å². The normalized spacial score (nSPS) is 25.3. The van der Waals surface area contributed by atoms with Crippen LogP contribution in [0, 0.1) is 11.8 Å². The standard InChI is InChI=1S/C31H33N3O8/c1-13(35)14-6-8-15(9-7-14)17-12-20(33(2)3)18-10-16-11-19-24(34(4)5)27(38)23(30(32)41)29(40)31(19,42)28(39)21(16)26(37)22(18)25(17)36/h6-9,12,16,19,24,36,38-39,42H,10-11H2,1-5H3,(H2,32,41). The van der Waals surface area contributed by atoms with Crippen LogP contribution >= 0.6 is 0 Å². The summed E-state index contributed by atoms with van der Waals surface area (Å²) in [6.45, 7) is 1.44. The molecule has 42 heavy (non-hydrogen) atoms. The molecule has 0 fully saturated rings. The number of aliphatic hydroxyl groups excluding tert-OH is 2. The molecule has 2 aromatic rings. The second kappa shape index (κ2) is 9.81. The number of hydrogen-bond acceptors (Lipinski definition) is 10. The Labute approximate surface area is 242 Å². The Bertz CT molecular complexity index is 1640. The van der Waals surface area contributed by atoms with Gasteiger partial charge in [0.1, 0.15) is 22.8 Å². The second-order valence-electron chi connectivity index (χ2n) is 11.6. The van der Waals surface area contributed by atoms with Crippen molar-refractivity contribution in [3.8, 4) is 16.9 Å². The molecule has 0 saturated heterocycles. The third-order valence-electron chi connectivity index (χ3n) is 8.78. The second-order valence-corrected chi connectivity index (χ2v) is 11.6. The molecule has 3 aliphatic carbocycles. The van der Waals surface area contributed by atoms with Gasteiger partial charge >= 0.3 is 0 Å². The summed E-state index contributed by atoms with van der Waals surface area (Å²) in [5.74, 6) is -7.09. The molecule has 5 rings (SSSR count). The van der Waals surface area contributed by atoms with Gasteiger partial charge in [-0.15, -0.1) is 0 Å². The highest BCUT2D eigenvalue weighted by atomic mass is 16.3. The summed E-state index contributed by atoms with van der Waals surface area (Å²) in [4.78, 5) is 54.9. The molecule has 11 nitrogen and oxygen atoms in total. The third-order valence-corrected chi connectivity index (χ3v) is 8.78. The quantitative estimate of drug-likeness (QED) is 0.261. The number of Topliss-reactive ketones (excluding diaryl/α,β-unsaturated/α-hetero) is 3. The Morgan fingerprint density at radius 3 is 2.17 bits per heavy atom. The smallest absolute Gasteiger partial charge is 0.255 e. The number of anilines is 1. The number of nitrogens with zero attached hydrogens (tertiary/aromatic N) is 2. The topological polar surface area (TPSA) is 182 Å². The largest absolute Gasteiger partial charge is 0.510 e. The number of likely N-dealkylation sites (N-methyl/N-ethyl adjacent to an activating group) is 1. The zero-order chi connectivity index (χ0) is 31.0. The fourth-order valence-corrected chi connectivity index (χ4v) is 6.80. The molecule has 0 radical (unpaired) electrons. The summed E-state index contributed by atoms with van der Waals surface area (Å²) in [6, 6.07) is 7.24. The van der Waals surface area contributed by atoms with E-state index in [-0.39, 0.29) is 35.5 Å². The van der Waals surface area contributed by atoms with Crippen LogP contribution in [0.4, 0.5) is 5.69 Å². The number of allylic oxidation sites excluding steroid dienone is 1. The Morgan fingerprint density at radius 2 is 1.64 bits per heavy atom. The molecule has 0 aromatic heterocycles. The number of benzene rings is 2. The number of nitrogens with two attached hydrogens (primary N) is 1. The van der Waals surface area contributed by atoms with Crippen molar-refractivity contribution in [1.82, 2.24) is 4.90 Å². The maximum Gasteiger partial charge on any atom is 0.255 e. The Kier molecular flexibility index (Phi) is 6.78. The maximum absolute atomic E-state index is 14.2. The van der Waals surface area contributed by atoms with Crippen LogP contribution in [0.3, 0.4) is 0 Å². The lowest BCUT2D eigenvalue weighted by atomic mass is 9.58. The van der Waals surface area contributed by atoms with Crippen LogP contribution in [0.15, 0.2) is 53.0 Å². The lowest BCUT2D eigenvalue weighted by molar-refractivity contribution is -0.148. The minimum absolute atomic E-state index is 0.00759. The number of carbonyl (C=O) groups excluding carboxylic acids is 4. The number of phenols is 1. The number of fused-ring (bicyclic) bond motifs is 3. The highest BCUT2D eigenvalue weighted by Gasteiger charge is 2.63. The fourth-order valence-electron chi connectivity index (χ4n) is 6.80. The number of aliphatic hydroxyl groups is 3. The van der Waals surface area contributed by atoms with Crippen molar-refractivity contribution in [2.75, 3.05) is 33.1 Å². The number of aromatic hydroxyl groups is 1. The predicted molar refractivity (Wildman–Crippen MR) is 153 cm³/mol. The fraction of sp³-hybridized carbons (Fsp3) is 0.355. The Hall–Kier alpha value is -4.48. The highest BCUT2D eigenvalue weighted by molar-refractivity contribution is 6.25. The first-order valence-corrected chi connectivity index (χ1v) is 13.4. The van der Waals surface area contributed by atoms with Gasteiger partial charge < -0.3 is 31.1 Å². The molecule has 4 unspecified atom stereocenters. The molecule has 0 saturated carbocycles. The SMILES string of the molecule is CC(=O)c1ccc(-c2cc(N(C)C)c3c(c2O)C(=O)C2=C(O)C4(O)C(=O)C(C(N)=O)=C(O)C(N(C)C)C4CC2C3)cc1. The lowest BCUT2D eigenvalue weighted by Crippen LogP contribution is -2.63. The molecular weight excluding hydrogens is 542 g/mol. The lowest BCUT2D eigenvalue weighted by Gasteiger charge is -2.50. The van der Waals surface area contributed by atoms with Crippen LogP contribution in [-0.2, 0) is 16.0 Å². The molecule has 0 bridgehead atoms. The van der Waals surface area contributed by atoms with Crippen molar-refractivity contribution >= 4 is 28.9 Å². The Balaban J connectivity index is 1.73. The summed E-state index contributed by atoms with van der Waals surface area (Å²) in [6.07, 6.45) is 0.187. The van der Waals surface area contributed by atoms with Crippen molar-refractivity contribution in [1.29, 1.82) is 0 Å². The van der Waals surface area contributed by atoms with Gasteiger partial charge in [0.2, 0.25) is 5.78 Å². The van der Waals surface area contributed by atoms with Crippen LogP contribution in [0.5, 0.6) is 5.75 Å². The number of amides is 1. The molecule has 6 N–H and O–H groups in total. The summed E-state index contributed by atoms with van der Waals surface area (Å²) < 4.78 is 0. The van der Waals surface area contributed by atoms with Crippen molar-refractivity contribution in [3.05, 3.63) is 69.7 Å². The summed E-state index contributed by atoms with van der Waals surface area (Å²) in [7, 11) is 6.75. The van der Waals surface area contributed by atoms with Crippen molar-refractivity contribution < 1.29 is 39.6 Å². The summed E-state index contributed by atoms with van der Waals surface area (Å²) in [5.41, 5.74) is 4.05. The summed E-state index contributed by atoms with van der Waals surface area (Å²) >= 11 is 0. The van der Waals surface area contributed by atoms with E-state index in [9.17, 15) is 39.6 Å². The van der Waals surface area contributed by atoms with Gasteiger partial charge in [0.25, 0.3) is 5.91 Å². The first-order chi connectivity index (χ1) is 19.6. The molecule has 11 heteroatoms. The average Bonchev–Trinajstić information content (AvgIpc) is 2.90. The van der Waals surface area contributed by atoms with E-state index in [1.807, 2.05) is 0 Å². The molecule has 3 aliphatic rings. The zero-order valence-electron chi connectivity index (χ0n) is 23.9. The van der Waals surface area contributed by atoms with Crippen LogP contribution in [-0.4, -0.2) is 88.4 Å². The van der Waals surface area contributed by atoms with E-state index in [0.717, 1.165) is 0 Å². The van der Waals surface area contributed by atoms with Gasteiger partial charge in [0, 0.05) is 42.4 Å². The van der Waals surface area contributed by atoms with Crippen molar-refractivity contribution in [3.63, 3.8) is 0 Å². The van der Waals surface area contributed by atoms with Crippen molar-refractivity contribution in [2.24, 2.45) is 17.6 Å². The van der Waals surface area contributed by atoms with E-state index in [1.54, 1.807) is 63.4 Å². The van der Waals surface area contributed by atoms with Crippen LogP contribution < -0.4 is 10.6 Å². The monoisotopic (exact) mass is 575 g/mol. The first-order valence-electron chi connectivity index (χ1n) is 13.4. The molecule has 0 aliphatic heterocycles. The molecule has 0 spiro atoms. The first kappa shape index (κ1) is 29.0. The number of primary amides is 1. The van der Waals surface area contributed by atoms with Gasteiger partial charge in [0.05, 0.1) is 11.6 Å². The summed E-state index contributed by atoms with van der Waals surface area (Å²) in [5, 5.41) is 45.7.